The number of rotatable bonds is 8. The van der Waals surface area contributed by atoms with E-state index in [1.807, 2.05) is 0 Å². The summed E-state index contributed by atoms with van der Waals surface area (Å²) in [6.45, 7) is 3.45. The number of amides is 1. The summed E-state index contributed by atoms with van der Waals surface area (Å²) in [7, 11) is 0. The molecule has 0 heterocycles. The Morgan fingerprint density at radius 2 is 2.19 bits per heavy atom. The molecule has 0 radical (unpaired) electrons. The van der Waals surface area contributed by atoms with Gasteiger partial charge >= 0.3 is 0 Å². The Morgan fingerprint density at radius 1 is 1.50 bits per heavy atom. The zero-order chi connectivity index (χ0) is 12.0. The van der Waals surface area contributed by atoms with E-state index >= 15 is 0 Å². The highest BCUT2D eigenvalue weighted by atomic mass is 16.3. The summed E-state index contributed by atoms with van der Waals surface area (Å²) < 4.78 is 0. The molecule has 1 unspecified atom stereocenters. The first-order valence-corrected chi connectivity index (χ1v) is 6.27. The van der Waals surface area contributed by atoms with Crippen LogP contribution >= 0.6 is 0 Å². The molecule has 16 heavy (non-hydrogen) atoms. The van der Waals surface area contributed by atoms with Crippen LogP contribution < -0.4 is 11.1 Å². The van der Waals surface area contributed by atoms with Crippen LogP contribution in [-0.4, -0.2) is 30.7 Å². The molecular formula is C12H24N2O2. The minimum absolute atomic E-state index is 0.106. The Kier molecular flexibility index (Phi) is 5.22. The van der Waals surface area contributed by atoms with Gasteiger partial charge in [0.05, 0.1) is 5.41 Å². The van der Waals surface area contributed by atoms with Gasteiger partial charge in [-0.3, -0.25) is 4.79 Å². The molecule has 1 aliphatic carbocycles. The Labute approximate surface area is 97.6 Å². The summed E-state index contributed by atoms with van der Waals surface area (Å²) in [5.74, 6) is 0.501. The number of nitrogens with two attached hydrogens (primary N) is 1. The van der Waals surface area contributed by atoms with Gasteiger partial charge in [0, 0.05) is 19.7 Å². The van der Waals surface area contributed by atoms with Crippen molar-refractivity contribution in [3.8, 4) is 0 Å². The number of hydrogen-bond acceptors (Lipinski definition) is 3. The van der Waals surface area contributed by atoms with E-state index in [1.165, 1.54) is 0 Å². The second-order valence-electron chi connectivity index (χ2n) is 4.86. The van der Waals surface area contributed by atoms with Crippen LogP contribution in [0.3, 0.4) is 0 Å². The molecule has 0 spiro atoms. The maximum atomic E-state index is 11.8. The molecule has 4 N–H and O–H groups in total. The lowest BCUT2D eigenvalue weighted by Crippen LogP contribution is -2.39. The molecule has 1 rings (SSSR count). The smallest absolute Gasteiger partial charge is 0.227 e. The summed E-state index contributed by atoms with van der Waals surface area (Å²) in [6, 6.07) is 0. The van der Waals surface area contributed by atoms with Crippen LogP contribution in [0, 0.1) is 11.3 Å². The molecule has 0 saturated heterocycles. The molecule has 1 atom stereocenters. The molecule has 0 bridgehead atoms. The first-order chi connectivity index (χ1) is 7.68. The zero-order valence-electron chi connectivity index (χ0n) is 10.2. The van der Waals surface area contributed by atoms with Crippen molar-refractivity contribution in [2.75, 3.05) is 19.7 Å². The van der Waals surface area contributed by atoms with E-state index in [9.17, 15) is 4.79 Å². The van der Waals surface area contributed by atoms with E-state index in [2.05, 4.69) is 12.2 Å². The van der Waals surface area contributed by atoms with E-state index in [1.54, 1.807) is 0 Å². The van der Waals surface area contributed by atoms with E-state index in [0.717, 1.165) is 32.1 Å². The average Bonchev–Trinajstić information content (AvgIpc) is 3.07. The SMILES string of the molecule is CCCC(CCO)CNC(=O)C1(CN)CC1. The van der Waals surface area contributed by atoms with Crippen molar-refractivity contribution < 1.29 is 9.90 Å². The van der Waals surface area contributed by atoms with E-state index in [-0.39, 0.29) is 17.9 Å². The highest BCUT2D eigenvalue weighted by molar-refractivity contribution is 5.85. The fourth-order valence-corrected chi connectivity index (χ4v) is 2.04. The number of nitrogens with one attached hydrogen (secondary N) is 1. The quantitative estimate of drug-likeness (QED) is 0.570. The van der Waals surface area contributed by atoms with Crippen LogP contribution in [0.25, 0.3) is 0 Å². The monoisotopic (exact) mass is 228 g/mol. The average molecular weight is 228 g/mol. The van der Waals surface area contributed by atoms with Crippen molar-refractivity contribution in [3.05, 3.63) is 0 Å². The minimum atomic E-state index is -0.254. The Morgan fingerprint density at radius 3 is 2.62 bits per heavy atom. The second-order valence-corrected chi connectivity index (χ2v) is 4.86. The van der Waals surface area contributed by atoms with Crippen molar-refractivity contribution in [2.24, 2.45) is 17.1 Å². The van der Waals surface area contributed by atoms with Crippen molar-refractivity contribution >= 4 is 5.91 Å². The molecule has 0 aliphatic heterocycles. The van der Waals surface area contributed by atoms with Gasteiger partial charge in [-0.1, -0.05) is 13.3 Å². The second kappa shape index (κ2) is 6.21. The third-order valence-electron chi connectivity index (χ3n) is 3.51. The van der Waals surface area contributed by atoms with Gasteiger partial charge < -0.3 is 16.2 Å². The fourth-order valence-electron chi connectivity index (χ4n) is 2.04. The van der Waals surface area contributed by atoms with Gasteiger partial charge in [0.25, 0.3) is 0 Å². The van der Waals surface area contributed by atoms with Crippen LogP contribution in [0.15, 0.2) is 0 Å². The molecule has 0 aromatic heterocycles. The molecule has 1 amide bonds. The van der Waals surface area contributed by atoms with Crippen LogP contribution in [-0.2, 0) is 4.79 Å². The van der Waals surface area contributed by atoms with Gasteiger partial charge in [0.2, 0.25) is 5.91 Å². The lowest BCUT2D eigenvalue weighted by atomic mass is 9.99. The maximum absolute atomic E-state index is 11.8. The molecule has 0 aromatic rings. The zero-order valence-corrected chi connectivity index (χ0v) is 10.2. The largest absolute Gasteiger partial charge is 0.396 e. The van der Waals surface area contributed by atoms with Crippen molar-refractivity contribution in [3.63, 3.8) is 0 Å². The molecule has 94 valence electrons. The normalized spacial score (nSPS) is 19.2. The van der Waals surface area contributed by atoms with Gasteiger partial charge in [-0.25, -0.2) is 0 Å². The van der Waals surface area contributed by atoms with Gasteiger partial charge in [-0.05, 0) is 31.6 Å². The third kappa shape index (κ3) is 3.46. The molecule has 4 nitrogen and oxygen atoms in total. The molecule has 1 saturated carbocycles. The number of carbonyl (C=O) groups is 1. The highest BCUT2D eigenvalue weighted by Crippen LogP contribution is 2.44. The predicted octanol–water partition coefficient (Wildman–Crippen LogP) is 0.640. The summed E-state index contributed by atoms with van der Waals surface area (Å²) in [5.41, 5.74) is 5.34. The Balaban J connectivity index is 2.28. The van der Waals surface area contributed by atoms with Crippen LogP contribution in [0.5, 0.6) is 0 Å². The number of aliphatic hydroxyl groups excluding tert-OH is 1. The van der Waals surface area contributed by atoms with E-state index in [0.29, 0.717) is 19.0 Å². The third-order valence-corrected chi connectivity index (χ3v) is 3.51. The first-order valence-electron chi connectivity index (χ1n) is 6.27. The summed E-state index contributed by atoms with van der Waals surface area (Å²) in [5, 5.41) is 11.9. The van der Waals surface area contributed by atoms with Crippen LogP contribution in [0.2, 0.25) is 0 Å². The number of aliphatic hydroxyl groups is 1. The molecule has 1 aliphatic rings. The summed E-state index contributed by atoms with van der Waals surface area (Å²) in [4.78, 5) is 11.8. The lowest BCUT2D eigenvalue weighted by Gasteiger charge is -2.18. The lowest BCUT2D eigenvalue weighted by molar-refractivity contribution is -0.126. The Hall–Kier alpha value is -0.610. The van der Waals surface area contributed by atoms with E-state index < -0.39 is 0 Å². The van der Waals surface area contributed by atoms with Crippen molar-refractivity contribution in [2.45, 2.75) is 39.0 Å². The standard InChI is InChI=1S/C12H24N2O2/c1-2-3-10(4-7-15)8-14-11(16)12(9-13)5-6-12/h10,15H,2-9,13H2,1H3,(H,14,16). The molecule has 0 aromatic carbocycles. The van der Waals surface area contributed by atoms with Crippen LogP contribution in [0.4, 0.5) is 0 Å². The molecular weight excluding hydrogens is 204 g/mol. The minimum Gasteiger partial charge on any atom is -0.396 e. The summed E-state index contributed by atoms with van der Waals surface area (Å²) in [6.07, 6.45) is 4.75. The predicted molar refractivity (Wildman–Crippen MR) is 63.8 cm³/mol. The first kappa shape index (κ1) is 13.5. The van der Waals surface area contributed by atoms with Crippen molar-refractivity contribution in [1.82, 2.24) is 5.32 Å². The van der Waals surface area contributed by atoms with Gasteiger partial charge in [0.15, 0.2) is 0 Å². The Bertz CT molecular complexity index is 221. The molecule has 1 fully saturated rings. The van der Waals surface area contributed by atoms with Gasteiger partial charge in [-0.2, -0.15) is 0 Å². The molecule has 4 heteroatoms. The summed E-state index contributed by atoms with van der Waals surface area (Å²) >= 11 is 0. The fraction of sp³-hybridized carbons (Fsp3) is 0.917. The highest BCUT2D eigenvalue weighted by Gasteiger charge is 2.48. The van der Waals surface area contributed by atoms with E-state index in [4.69, 9.17) is 10.8 Å². The number of carbonyl (C=O) groups excluding carboxylic acids is 1. The van der Waals surface area contributed by atoms with Gasteiger partial charge in [0.1, 0.15) is 0 Å². The van der Waals surface area contributed by atoms with Crippen LogP contribution in [0.1, 0.15) is 39.0 Å². The topological polar surface area (TPSA) is 75.3 Å². The number of hydrogen-bond donors (Lipinski definition) is 3. The van der Waals surface area contributed by atoms with Crippen molar-refractivity contribution in [1.29, 1.82) is 0 Å². The van der Waals surface area contributed by atoms with Gasteiger partial charge in [-0.15, -0.1) is 0 Å². The maximum Gasteiger partial charge on any atom is 0.227 e.